The number of hydrogen-bond acceptors (Lipinski definition) is 5. The molecule has 1 aromatic heterocycles. The monoisotopic (exact) mass is 397 g/mol. The van der Waals surface area contributed by atoms with Gasteiger partial charge in [-0.2, -0.15) is 0 Å². The standard InChI is InChI=1S/C23H27NO5/c25-20-12-7-6-11-19(20)22-18(9-4-2-1-3-5-13-21(26)27)16-28-23(29-22)17-10-8-14-24-15-17/h2,4,6-8,10-12,14-15,18,22-23,25H,1,3,5,9,13,16H2,(H,26,27)/b4-2-. The Labute approximate surface area is 170 Å². The van der Waals surface area contributed by atoms with Crippen LogP contribution in [-0.4, -0.2) is 27.8 Å². The van der Waals surface area contributed by atoms with Crippen molar-refractivity contribution in [2.75, 3.05) is 6.61 Å². The van der Waals surface area contributed by atoms with Crippen LogP contribution in [0.5, 0.6) is 5.75 Å². The number of aromatic nitrogens is 1. The first-order valence-electron chi connectivity index (χ1n) is 9.97. The van der Waals surface area contributed by atoms with Gasteiger partial charge in [-0.05, 0) is 37.8 Å². The molecule has 3 atom stereocenters. The number of carbonyl (C=O) groups is 1. The van der Waals surface area contributed by atoms with Crippen molar-refractivity contribution in [3.63, 3.8) is 0 Å². The zero-order chi connectivity index (χ0) is 20.5. The molecule has 3 rings (SSSR count). The molecule has 6 heteroatoms. The Balaban J connectivity index is 1.64. The maximum absolute atomic E-state index is 10.6. The van der Waals surface area contributed by atoms with Crippen molar-refractivity contribution >= 4 is 5.97 Å². The van der Waals surface area contributed by atoms with Crippen molar-refractivity contribution in [1.82, 2.24) is 4.98 Å². The predicted octanol–water partition coefficient (Wildman–Crippen LogP) is 4.78. The number of benzene rings is 1. The van der Waals surface area contributed by atoms with E-state index in [-0.39, 0.29) is 24.2 Å². The summed E-state index contributed by atoms with van der Waals surface area (Å²) in [6.07, 6.45) is 10.1. The van der Waals surface area contributed by atoms with E-state index in [1.54, 1.807) is 24.5 Å². The van der Waals surface area contributed by atoms with E-state index in [0.717, 1.165) is 30.4 Å². The summed E-state index contributed by atoms with van der Waals surface area (Å²) in [5.74, 6) is -0.474. The first-order chi connectivity index (χ1) is 14.1. The van der Waals surface area contributed by atoms with Crippen LogP contribution in [0.2, 0.25) is 0 Å². The molecule has 2 N–H and O–H groups in total. The molecule has 1 fully saturated rings. The molecular weight excluding hydrogens is 370 g/mol. The summed E-state index contributed by atoms with van der Waals surface area (Å²) in [7, 11) is 0. The Morgan fingerprint density at radius 1 is 1.17 bits per heavy atom. The molecular formula is C23H27NO5. The fourth-order valence-electron chi connectivity index (χ4n) is 3.45. The SMILES string of the molecule is O=C(O)CCCC/C=C\CC1COC(c2cccnc2)OC1c1ccccc1O. The molecule has 2 aromatic rings. The number of phenolic OH excluding ortho intramolecular Hbond substituents is 1. The fraction of sp³-hybridized carbons (Fsp3) is 0.391. The summed E-state index contributed by atoms with van der Waals surface area (Å²) < 4.78 is 12.2. The van der Waals surface area contributed by atoms with Crippen molar-refractivity contribution in [3.8, 4) is 5.75 Å². The van der Waals surface area contributed by atoms with Crippen LogP contribution < -0.4 is 0 Å². The van der Waals surface area contributed by atoms with E-state index in [1.165, 1.54) is 0 Å². The minimum absolute atomic E-state index is 0.0616. The lowest BCUT2D eigenvalue weighted by Crippen LogP contribution is -2.30. The zero-order valence-corrected chi connectivity index (χ0v) is 16.3. The Bertz CT molecular complexity index is 808. The van der Waals surface area contributed by atoms with Gasteiger partial charge in [0.25, 0.3) is 0 Å². The van der Waals surface area contributed by atoms with E-state index in [1.807, 2.05) is 24.3 Å². The van der Waals surface area contributed by atoms with Gasteiger partial charge in [-0.1, -0.05) is 36.4 Å². The summed E-state index contributed by atoms with van der Waals surface area (Å²) >= 11 is 0. The van der Waals surface area contributed by atoms with Crippen molar-refractivity contribution in [1.29, 1.82) is 0 Å². The van der Waals surface area contributed by atoms with Crippen molar-refractivity contribution in [2.24, 2.45) is 5.92 Å². The third kappa shape index (κ3) is 6.14. The van der Waals surface area contributed by atoms with Crippen LogP contribution >= 0.6 is 0 Å². The topological polar surface area (TPSA) is 88.9 Å². The minimum atomic E-state index is -0.751. The third-order valence-corrected chi connectivity index (χ3v) is 4.98. The number of phenols is 1. The van der Waals surface area contributed by atoms with E-state index in [2.05, 4.69) is 17.1 Å². The Kier molecular flexibility index (Phi) is 7.78. The van der Waals surface area contributed by atoms with Gasteiger partial charge >= 0.3 is 5.97 Å². The van der Waals surface area contributed by atoms with Gasteiger partial charge in [-0.3, -0.25) is 9.78 Å². The summed E-state index contributed by atoms with van der Waals surface area (Å²) in [5, 5.41) is 19.0. The molecule has 1 saturated heterocycles. The molecule has 1 aromatic carbocycles. The summed E-state index contributed by atoms with van der Waals surface area (Å²) in [6, 6.07) is 11.0. The van der Waals surface area contributed by atoms with Gasteiger partial charge in [-0.25, -0.2) is 0 Å². The number of carboxylic acid groups (broad SMARTS) is 1. The van der Waals surface area contributed by atoms with E-state index in [9.17, 15) is 9.90 Å². The van der Waals surface area contributed by atoms with Gasteiger partial charge in [-0.15, -0.1) is 0 Å². The highest BCUT2D eigenvalue weighted by atomic mass is 16.7. The molecule has 2 heterocycles. The van der Waals surface area contributed by atoms with Crippen LogP contribution in [0.3, 0.4) is 0 Å². The smallest absolute Gasteiger partial charge is 0.303 e. The van der Waals surface area contributed by atoms with E-state index in [0.29, 0.717) is 13.0 Å². The zero-order valence-electron chi connectivity index (χ0n) is 16.3. The average molecular weight is 397 g/mol. The molecule has 0 bridgehead atoms. The first-order valence-corrected chi connectivity index (χ1v) is 9.97. The number of para-hydroxylation sites is 1. The first kappa shape index (κ1) is 21.0. The lowest BCUT2D eigenvalue weighted by atomic mass is 9.91. The summed E-state index contributed by atoms with van der Waals surface area (Å²) in [5.41, 5.74) is 1.60. The van der Waals surface area contributed by atoms with E-state index < -0.39 is 12.3 Å². The summed E-state index contributed by atoms with van der Waals surface area (Å²) in [6.45, 7) is 0.502. The lowest BCUT2D eigenvalue weighted by Gasteiger charge is -2.36. The number of nitrogens with zero attached hydrogens (tertiary/aromatic N) is 1. The second-order valence-electron chi connectivity index (χ2n) is 7.17. The quantitative estimate of drug-likeness (QED) is 0.467. The highest BCUT2D eigenvalue weighted by Gasteiger charge is 2.34. The molecule has 0 radical (unpaired) electrons. The molecule has 0 amide bonds. The second-order valence-corrected chi connectivity index (χ2v) is 7.17. The van der Waals surface area contributed by atoms with Crippen molar-refractivity contribution in [2.45, 2.75) is 44.5 Å². The largest absolute Gasteiger partial charge is 0.508 e. The third-order valence-electron chi connectivity index (χ3n) is 4.98. The molecule has 29 heavy (non-hydrogen) atoms. The molecule has 154 valence electrons. The Morgan fingerprint density at radius 3 is 2.79 bits per heavy atom. The number of pyridine rings is 1. The number of allylic oxidation sites excluding steroid dienone is 2. The normalized spacial score (nSPS) is 22.0. The number of aromatic hydroxyl groups is 1. The molecule has 3 unspecified atom stereocenters. The number of unbranched alkanes of at least 4 members (excludes halogenated alkanes) is 2. The van der Waals surface area contributed by atoms with Crippen LogP contribution in [0.1, 0.15) is 55.6 Å². The maximum Gasteiger partial charge on any atom is 0.303 e. The molecule has 6 nitrogen and oxygen atoms in total. The van der Waals surface area contributed by atoms with E-state index in [4.69, 9.17) is 14.6 Å². The molecule has 0 spiro atoms. The number of hydrogen-bond donors (Lipinski definition) is 2. The van der Waals surface area contributed by atoms with Crippen molar-refractivity contribution in [3.05, 3.63) is 72.1 Å². The number of rotatable bonds is 9. The van der Waals surface area contributed by atoms with Crippen LogP contribution in [0, 0.1) is 5.92 Å². The maximum atomic E-state index is 10.6. The molecule has 0 saturated carbocycles. The van der Waals surface area contributed by atoms with Gasteiger partial charge in [0.15, 0.2) is 6.29 Å². The van der Waals surface area contributed by atoms with Crippen LogP contribution in [0.15, 0.2) is 60.9 Å². The van der Waals surface area contributed by atoms with Gasteiger partial charge < -0.3 is 19.7 Å². The van der Waals surface area contributed by atoms with Gasteiger partial charge in [0, 0.05) is 35.9 Å². The minimum Gasteiger partial charge on any atom is -0.508 e. The average Bonchev–Trinajstić information content (AvgIpc) is 2.74. The number of carboxylic acids is 1. The molecule has 1 aliphatic rings. The Hall–Kier alpha value is -2.70. The number of ether oxygens (including phenoxy) is 2. The van der Waals surface area contributed by atoms with Gasteiger partial charge in [0.2, 0.25) is 0 Å². The van der Waals surface area contributed by atoms with Crippen LogP contribution in [0.25, 0.3) is 0 Å². The lowest BCUT2D eigenvalue weighted by molar-refractivity contribution is -0.244. The van der Waals surface area contributed by atoms with Gasteiger partial charge in [0.05, 0.1) is 12.7 Å². The summed E-state index contributed by atoms with van der Waals surface area (Å²) in [4.78, 5) is 14.7. The Morgan fingerprint density at radius 2 is 2.03 bits per heavy atom. The van der Waals surface area contributed by atoms with E-state index >= 15 is 0 Å². The fourth-order valence-corrected chi connectivity index (χ4v) is 3.45. The predicted molar refractivity (Wildman–Crippen MR) is 108 cm³/mol. The van der Waals surface area contributed by atoms with Gasteiger partial charge in [0.1, 0.15) is 5.75 Å². The second kappa shape index (κ2) is 10.7. The molecule has 1 aliphatic heterocycles. The van der Waals surface area contributed by atoms with Crippen molar-refractivity contribution < 1.29 is 24.5 Å². The number of aliphatic carboxylic acids is 1. The van der Waals surface area contributed by atoms with Crippen LogP contribution in [-0.2, 0) is 14.3 Å². The highest BCUT2D eigenvalue weighted by Crippen LogP contribution is 2.42. The van der Waals surface area contributed by atoms with Crippen LogP contribution in [0.4, 0.5) is 0 Å². The highest BCUT2D eigenvalue weighted by molar-refractivity contribution is 5.66. The molecule has 0 aliphatic carbocycles.